The first kappa shape index (κ1) is 17.7. The second-order valence-corrected chi connectivity index (χ2v) is 7.51. The number of para-hydroxylation sites is 2. The minimum Gasteiger partial charge on any atom is -0.497 e. The predicted molar refractivity (Wildman–Crippen MR) is 108 cm³/mol. The number of ether oxygens (including phenoxy) is 2. The van der Waals surface area contributed by atoms with Crippen LogP contribution in [-0.2, 0) is 0 Å². The third-order valence-corrected chi connectivity index (χ3v) is 5.25. The molecule has 2 heterocycles. The van der Waals surface area contributed by atoms with Crippen LogP contribution in [0.1, 0.15) is 19.9 Å². The minimum absolute atomic E-state index is 0.311. The first-order valence-corrected chi connectivity index (χ1v) is 9.91. The number of rotatable bonds is 7. The number of methoxy groups -OCH3 is 1. The molecule has 0 spiro atoms. The van der Waals surface area contributed by atoms with Crippen molar-refractivity contribution in [3.8, 4) is 11.5 Å². The van der Waals surface area contributed by atoms with Gasteiger partial charge in [0.05, 0.1) is 24.8 Å². The van der Waals surface area contributed by atoms with E-state index in [0.29, 0.717) is 12.6 Å². The predicted octanol–water partition coefficient (Wildman–Crippen LogP) is 4.44. The highest BCUT2D eigenvalue weighted by molar-refractivity contribution is 7.99. The molecular formula is C20H22N4O2S. The standard InChI is InChI=1S/C20H22N4O2S/c1-14(2)23-17-9-4-5-10-18(17)24-19(23)21-22-20(24)27-12-11-26-16-8-6-7-15(13-16)25-3/h4-10,13-14H,11-12H2,1-3H3. The van der Waals surface area contributed by atoms with Gasteiger partial charge in [-0.15, -0.1) is 10.2 Å². The summed E-state index contributed by atoms with van der Waals surface area (Å²) in [6.07, 6.45) is 0. The van der Waals surface area contributed by atoms with Crippen molar-refractivity contribution in [2.75, 3.05) is 19.5 Å². The van der Waals surface area contributed by atoms with Gasteiger partial charge in [0, 0.05) is 17.9 Å². The van der Waals surface area contributed by atoms with Crippen LogP contribution in [0.3, 0.4) is 0 Å². The second-order valence-electron chi connectivity index (χ2n) is 6.45. The summed E-state index contributed by atoms with van der Waals surface area (Å²) in [5.41, 5.74) is 2.30. The first-order valence-electron chi connectivity index (χ1n) is 8.92. The molecule has 6 nitrogen and oxygen atoms in total. The number of aromatic nitrogens is 4. The highest BCUT2D eigenvalue weighted by Gasteiger charge is 2.18. The quantitative estimate of drug-likeness (QED) is 0.349. The van der Waals surface area contributed by atoms with Crippen LogP contribution < -0.4 is 9.47 Å². The molecule has 0 fully saturated rings. The summed E-state index contributed by atoms with van der Waals surface area (Å²) in [7, 11) is 1.65. The number of hydrogen-bond acceptors (Lipinski definition) is 5. The van der Waals surface area contributed by atoms with E-state index in [2.05, 4.69) is 51.2 Å². The summed E-state index contributed by atoms with van der Waals surface area (Å²) >= 11 is 1.65. The molecule has 0 radical (unpaired) electrons. The number of imidazole rings is 1. The fourth-order valence-corrected chi connectivity index (χ4v) is 3.94. The summed E-state index contributed by atoms with van der Waals surface area (Å²) < 4.78 is 15.4. The number of nitrogens with zero attached hydrogens (tertiary/aromatic N) is 4. The Kier molecular flexibility index (Phi) is 4.94. The second kappa shape index (κ2) is 7.52. The van der Waals surface area contributed by atoms with Crippen LogP contribution in [0, 0.1) is 0 Å². The van der Waals surface area contributed by atoms with Gasteiger partial charge in [0.25, 0.3) is 0 Å². The van der Waals surface area contributed by atoms with Crippen LogP contribution >= 0.6 is 11.8 Å². The smallest absolute Gasteiger partial charge is 0.237 e. The lowest BCUT2D eigenvalue weighted by Crippen LogP contribution is -2.01. The van der Waals surface area contributed by atoms with E-state index in [4.69, 9.17) is 9.47 Å². The fraction of sp³-hybridized carbons (Fsp3) is 0.300. The van der Waals surface area contributed by atoms with E-state index in [0.717, 1.165) is 33.7 Å². The summed E-state index contributed by atoms with van der Waals surface area (Å²) in [6.45, 7) is 4.90. The normalized spacial score (nSPS) is 11.6. The van der Waals surface area contributed by atoms with Crippen molar-refractivity contribution >= 4 is 28.6 Å². The zero-order valence-electron chi connectivity index (χ0n) is 15.6. The maximum absolute atomic E-state index is 5.83. The molecule has 0 atom stereocenters. The summed E-state index contributed by atoms with van der Waals surface area (Å²) in [5, 5.41) is 9.72. The van der Waals surface area contributed by atoms with Gasteiger partial charge in [-0.25, -0.2) is 0 Å². The van der Waals surface area contributed by atoms with E-state index in [9.17, 15) is 0 Å². The van der Waals surface area contributed by atoms with Crippen LogP contribution in [0.4, 0.5) is 0 Å². The van der Waals surface area contributed by atoms with E-state index in [1.54, 1.807) is 18.9 Å². The third kappa shape index (κ3) is 3.35. The minimum atomic E-state index is 0.311. The number of thioether (sulfide) groups is 1. The van der Waals surface area contributed by atoms with E-state index < -0.39 is 0 Å². The van der Waals surface area contributed by atoms with Crippen molar-refractivity contribution in [2.24, 2.45) is 0 Å². The largest absolute Gasteiger partial charge is 0.497 e. The number of hydrogen-bond donors (Lipinski definition) is 0. The van der Waals surface area contributed by atoms with Crippen molar-refractivity contribution in [1.29, 1.82) is 0 Å². The maximum Gasteiger partial charge on any atom is 0.237 e. The number of benzene rings is 2. The molecule has 0 bridgehead atoms. The van der Waals surface area contributed by atoms with Crippen LogP contribution in [0.5, 0.6) is 11.5 Å². The van der Waals surface area contributed by atoms with Gasteiger partial charge < -0.3 is 14.0 Å². The monoisotopic (exact) mass is 382 g/mol. The van der Waals surface area contributed by atoms with Crippen LogP contribution in [-0.4, -0.2) is 38.6 Å². The molecule has 0 saturated carbocycles. The Morgan fingerprint density at radius 1 is 1.00 bits per heavy atom. The molecule has 0 amide bonds. The van der Waals surface area contributed by atoms with Crippen LogP contribution in [0.2, 0.25) is 0 Å². The molecule has 0 aliphatic heterocycles. The zero-order chi connectivity index (χ0) is 18.8. The molecule has 7 heteroatoms. The van der Waals surface area contributed by atoms with E-state index in [1.165, 1.54) is 5.52 Å². The average Bonchev–Trinajstić information content (AvgIpc) is 3.23. The maximum atomic E-state index is 5.83. The van der Waals surface area contributed by atoms with Gasteiger partial charge in [-0.05, 0) is 38.1 Å². The third-order valence-electron chi connectivity index (χ3n) is 4.35. The Morgan fingerprint density at radius 3 is 2.56 bits per heavy atom. The molecule has 0 aliphatic carbocycles. The van der Waals surface area contributed by atoms with Gasteiger partial charge in [-0.3, -0.25) is 4.40 Å². The summed E-state index contributed by atoms with van der Waals surface area (Å²) in [6, 6.07) is 16.3. The SMILES string of the molecule is COc1cccc(OCCSc2nnc3n(C(C)C)c4ccccc4n23)c1. The van der Waals surface area contributed by atoms with Gasteiger partial charge >= 0.3 is 0 Å². The fourth-order valence-electron chi connectivity index (χ4n) is 3.18. The molecule has 27 heavy (non-hydrogen) atoms. The van der Waals surface area contributed by atoms with Crippen molar-refractivity contribution in [2.45, 2.75) is 25.0 Å². The van der Waals surface area contributed by atoms with Gasteiger partial charge in [0.2, 0.25) is 5.78 Å². The Bertz CT molecular complexity index is 1070. The van der Waals surface area contributed by atoms with Gasteiger partial charge in [-0.1, -0.05) is 30.0 Å². The highest BCUT2D eigenvalue weighted by Crippen LogP contribution is 2.28. The van der Waals surface area contributed by atoms with Crippen LogP contribution in [0.15, 0.2) is 53.7 Å². The lowest BCUT2D eigenvalue weighted by Gasteiger charge is -2.07. The van der Waals surface area contributed by atoms with Crippen LogP contribution in [0.25, 0.3) is 16.8 Å². The van der Waals surface area contributed by atoms with Gasteiger partial charge in [-0.2, -0.15) is 0 Å². The van der Waals surface area contributed by atoms with Gasteiger partial charge in [0.15, 0.2) is 5.16 Å². The summed E-state index contributed by atoms with van der Waals surface area (Å²) in [5.74, 6) is 3.25. The lowest BCUT2D eigenvalue weighted by atomic mass is 10.3. The molecule has 0 aliphatic rings. The highest BCUT2D eigenvalue weighted by atomic mass is 32.2. The number of fused-ring (bicyclic) bond motifs is 3. The molecular weight excluding hydrogens is 360 g/mol. The Hall–Kier alpha value is -2.67. The molecule has 4 aromatic rings. The Morgan fingerprint density at radius 2 is 1.78 bits per heavy atom. The molecule has 0 N–H and O–H groups in total. The Labute approximate surface area is 162 Å². The van der Waals surface area contributed by atoms with Crippen molar-refractivity contribution < 1.29 is 9.47 Å². The van der Waals surface area contributed by atoms with Crippen molar-refractivity contribution in [3.63, 3.8) is 0 Å². The molecule has 0 saturated heterocycles. The molecule has 0 unspecified atom stereocenters. The van der Waals surface area contributed by atoms with Gasteiger partial charge in [0.1, 0.15) is 11.5 Å². The van der Waals surface area contributed by atoms with E-state index in [-0.39, 0.29) is 0 Å². The molecule has 2 aromatic carbocycles. The van der Waals surface area contributed by atoms with Crippen molar-refractivity contribution in [3.05, 3.63) is 48.5 Å². The molecule has 140 valence electrons. The van der Waals surface area contributed by atoms with Crippen molar-refractivity contribution in [1.82, 2.24) is 19.2 Å². The molecule has 4 rings (SSSR count). The summed E-state index contributed by atoms with van der Waals surface area (Å²) in [4.78, 5) is 0. The Balaban J connectivity index is 1.52. The average molecular weight is 382 g/mol. The molecule has 2 aromatic heterocycles. The van der Waals surface area contributed by atoms with E-state index >= 15 is 0 Å². The van der Waals surface area contributed by atoms with E-state index in [1.807, 2.05) is 30.3 Å². The zero-order valence-corrected chi connectivity index (χ0v) is 16.4. The first-order chi connectivity index (χ1) is 13.2. The topological polar surface area (TPSA) is 53.6 Å². The lowest BCUT2D eigenvalue weighted by molar-refractivity contribution is 0.339.